The number of amides is 1. The molecular formula is C23H32N4O2. The van der Waals surface area contributed by atoms with Crippen LogP contribution in [0.2, 0.25) is 0 Å². The number of nitrogens with zero attached hydrogens (tertiary/aromatic N) is 3. The van der Waals surface area contributed by atoms with Gasteiger partial charge in [-0.25, -0.2) is 4.79 Å². The Bertz CT molecular complexity index is 847. The Morgan fingerprint density at radius 2 is 2.00 bits per heavy atom. The number of carbonyl (C=O) groups excluding carboxylic acids is 1. The van der Waals surface area contributed by atoms with Gasteiger partial charge in [0.25, 0.3) is 0 Å². The average molecular weight is 397 g/mol. The number of nitrogens with two attached hydrogens (primary N) is 1. The van der Waals surface area contributed by atoms with Crippen molar-refractivity contribution < 1.29 is 9.53 Å². The number of rotatable bonds is 4. The van der Waals surface area contributed by atoms with Crippen LogP contribution in [0, 0.1) is 0 Å². The molecule has 2 heterocycles. The topological polar surface area (TPSA) is 71.7 Å². The van der Waals surface area contributed by atoms with E-state index in [0.717, 1.165) is 36.5 Å². The molecule has 0 bridgehead atoms. The number of ether oxygens (including phenoxy) is 1. The molecule has 3 rings (SSSR count). The van der Waals surface area contributed by atoms with Crippen LogP contribution in [0.15, 0.2) is 42.6 Å². The first-order chi connectivity index (χ1) is 13.7. The van der Waals surface area contributed by atoms with Crippen molar-refractivity contribution in [3.8, 4) is 11.3 Å². The standard InChI is InChI=1S/C23H32N4O2/c1-17-15-26(10-11-27(17)22(28)29-23(2,3)4)16-19-6-5-7-20(12-19)21-13-18(14-24)8-9-25-21/h5-9,12-13,17H,10-11,14-16,24H2,1-4H3. The van der Waals surface area contributed by atoms with Gasteiger partial charge in [-0.1, -0.05) is 18.2 Å². The van der Waals surface area contributed by atoms with Crippen molar-refractivity contribution in [3.63, 3.8) is 0 Å². The van der Waals surface area contributed by atoms with E-state index < -0.39 is 5.60 Å². The van der Waals surface area contributed by atoms with E-state index in [2.05, 4.69) is 41.1 Å². The van der Waals surface area contributed by atoms with Gasteiger partial charge in [0.2, 0.25) is 0 Å². The molecule has 29 heavy (non-hydrogen) atoms. The first kappa shape index (κ1) is 21.3. The molecule has 156 valence electrons. The number of hydrogen-bond donors (Lipinski definition) is 1. The van der Waals surface area contributed by atoms with Crippen LogP contribution in [-0.4, -0.2) is 52.2 Å². The summed E-state index contributed by atoms with van der Waals surface area (Å²) in [4.78, 5) is 21.1. The second-order valence-electron chi connectivity index (χ2n) is 8.71. The van der Waals surface area contributed by atoms with Gasteiger partial charge in [-0.2, -0.15) is 0 Å². The predicted octanol–water partition coefficient (Wildman–Crippen LogP) is 3.65. The van der Waals surface area contributed by atoms with Crippen molar-refractivity contribution >= 4 is 6.09 Å². The van der Waals surface area contributed by atoms with E-state index in [1.165, 1.54) is 5.56 Å². The van der Waals surface area contributed by atoms with E-state index in [4.69, 9.17) is 10.5 Å². The zero-order chi connectivity index (χ0) is 21.0. The SMILES string of the molecule is CC1CN(Cc2cccc(-c3cc(CN)ccn3)c2)CCN1C(=O)OC(C)(C)C. The summed E-state index contributed by atoms with van der Waals surface area (Å²) < 4.78 is 5.54. The minimum Gasteiger partial charge on any atom is -0.444 e. The number of benzene rings is 1. The summed E-state index contributed by atoms with van der Waals surface area (Å²) in [6.07, 6.45) is 1.58. The van der Waals surface area contributed by atoms with Crippen LogP contribution in [-0.2, 0) is 17.8 Å². The highest BCUT2D eigenvalue weighted by molar-refractivity contribution is 5.68. The summed E-state index contributed by atoms with van der Waals surface area (Å²) in [5.41, 5.74) is 9.64. The largest absolute Gasteiger partial charge is 0.444 e. The third-order valence-corrected chi connectivity index (χ3v) is 5.03. The van der Waals surface area contributed by atoms with Gasteiger partial charge in [-0.3, -0.25) is 9.88 Å². The molecular weight excluding hydrogens is 364 g/mol. The number of hydrogen-bond acceptors (Lipinski definition) is 5. The fourth-order valence-corrected chi connectivity index (χ4v) is 3.61. The van der Waals surface area contributed by atoms with E-state index in [1.807, 2.05) is 44.0 Å². The molecule has 0 saturated carbocycles. The highest BCUT2D eigenvalue weighted by Crippen LogP contribution is 2.22. The number of piperazine rings is 1. The summed E-state index contributed by atoms with van der Waals surface area (Å²) in [7, 11) is 0. The van der Waals surface area contributed by atoms with Crippen molar-refractivity contribution in [3.05, 3.63) is 53.7 Å². The molecule has 0 spiro atoms. The summed E-state index contributed by atoms with van der Waals surface area (Å²) in [6.45, 7) is 11.5. The van der Waals surface area contributed by atoms with Gasteiger partial charge in [-0.05, 0) is 57.0 Å². The van der Waals surface area contributed by atoms with E-state index in [-0.39, 0.29) is 12.1 Å². The quantitative estimate of drug-likeness (QED) is 0.854. The van der Waals surface area contributed by atoms with Crippen molar-refractivity contribution in [2.24, 2.45) is 5.73 Å². The minimum absolute atomic E-state index is 0.115. The summed E-state index contributed by atoms with van der Waals surface area (Å²) in [6, 6.07) is 12.6. The van der Waals surface area contributed by atoms with Crippen LogP contribution in [0.3, 0.4) is 0 Å². The molecule has 0 aliphatic carbocycles. The van der Waals surface area contributed by atoms with Crippen LogP contribution in [0.25, 0.3) is 11.3 Å². The maximum atomic E-state index is 12.4. The fraction of sp³-hybridized carbons (Fsp3) is 0.478. The Balaban J connectivity index is 1.64. The molecule has 2 aromatic rings. The van der Waals surface area contributed by atoms with Gasteiger partial charge < -0.3 is 15.4 Å². The highest BCUT2D eigenvalue weighted by atomic mass is 16.6. The van der Waals surface area contributed by atoms with E-state index >= 15 is 0 Å². The first-order valence-corrected chi connectivity index (χ1v) is 10.2. The molecule has 2 N–H and O–H groups in total. The minimum atomic E-state index is -0.469. The third kappa shape index (κ3) is 5.78. The lowest BCUT2D eigenvalue weighted by Crippen LogP contribution is -2.54. The Morgan fingerprint density at radius 1 is 1.21 bits per heavy atom. The molecule has 1 aromatic heterocycles. The second kappa shape index (κ2) is 8.93. The predicted molar refractivity (Wildman–Crippen MR) is 115 cm³/mol. The average Bonchev–Trinajstić information content (AvgIpc) is 2.67. The van der Waals surface area contributed by atoms with Gasteiger partial charge in [0.15, 0.2) is 0 Å². The lowest BCUT2D eigenvalue weighted by atomic mass is 10.0. The molecule has 1 aromatic carbocycles. The fourth-order valence-electron chi connectivity index (χ4n) is 3.61. The Kier molecular flexibility index (Phi) is 6.55. The zero-order valence-electron chi connectivity index (χ0n) is 17.9. The molecule has 6 nitrogen and oxygen atoms in total. The summed E-state index contributed by atoms with van der Waals surface area (Å²) >= 11 is 0. The van der Waals surface area contributed by atoms with Gasteiger partial charge in [0.05, 0.1) is 5.69 Å². The maximum Gasteiger partial charge on any atom is 0.410 e. The molecule has 1 saturated heterocycles. The lowest BCUT2D eigenvalue weighted by Gasteiger charge is -2.40. The lowest BCUT2D eigenvalue weighted by molar-refractivity contribution is 0.000564. The third-order valence-electron chi connectivity index (χ3n) is 5.03. The Morgan fingerprint density at radius 3 is 2.69 bits per heavy atom. The van der Waals surface area contributed by atoms with E-state index in [0.29, 0.717) is 13.1 Å². The molecule has 1 unspecified atom stereocenters. The van der Waals surface area contributed by atoms with Crippen molar-refractivity contribution in [2.45, 2.75) is 52.4 Å². The van der Waals surface area contributed by atoms with Crippen molar-refractivity contribution in [1.82, 2.24) is 14.8 Å². The van der Waals surface area contributed by atoms with Crippen LogP contribution < -0.4 is 5.73 Å². The summed E-state index contributed by atoms with van der Waals surface area (Å²) in [5, 5.41) is 0. The number of pyridine rings is 1. The normalized spacial score (nSPS) is 18.0. The van der Waals surface area contributed by atoms with Gasteiger partial charge in [-0.15, -0.1) is 0 Å². The number of aromatic nitrogens is 1. The molecule has 1 aliphatic heterocycles. The van der Waals surface area contributed by atoms with Crippen molar-refractivity contribution in [1.29, 1.82) is 0 Å². The smallest absolute Gasteiger partial charge is 0.410 e. The molecule has 1 atom stereocenters. The molecule has 1 aliphatic rings. The van der Waals surface area contributed by atoms with E-state index in [1.54, 1.807) is 0 Å². The first-order valence-electron chi connectivity index (χ1n) is 10.2. The van der Waals surface area contributed by atoms with E-state index in [9.17, 15) is 4.79 Å². The molecule has 0 radical (unpaired) electrons. The highest BCUT2D eigenvalue weighted by Gasteiger charge is 2.30. The van der Waals surface area contributed by atoms with Crippen molar-refractivity contribution in [2.75, 3.05) is 19.6 Å². The van der Waals surface area contributed by atoms with Crippen LogP contribution in [0.1, 0.15) is 38.8 Å². The van der Waals surface area contributed by atoms with Crippen LogP contribution in [0.4, 0.5) is 4.79 Å². The Labute approximate surface area is 173 Å². The molecule has 1 fully saturated rings. The van der Waals surface area contributed by atoms with Crippen LogP contribution in [0.5, 0.6) is 0 Å². The zero-order valence-corrected chi connectivity index (χ0v) is 17.9. The molecule has 1 amide bonds. The van der Waals surface area contributed by atoms with Gasteiger partial charge >= 0.3 is 6.09 Å². The Hall–Kier alpha value is -2.44. The monoisotopic (exact) mass is 396 g/mol. The maximum absolute atomic E-state index is 12.4. The second-order valence-corrected chi connectivity index (χ2v) is 8.71. The van der Waals surface area contributed by atoms with Gasteiger partial charge in [0.1, 0.15) is 5.60 Å². The molecule has 6 heteroatoms. The van der Waals surface area contributed by atoms with Crippen LogP contribution >= 0.6 is 0 Å². The summed E-state index contributed by atoms with van der Waals surface area (Å²) in [5.74, 6) is 0. The number of carbonyl (C=O) groups is 1. The van der Waals surface area contributed by atoms with Gasteiger partial charge in [0, 0.05) is 50.5 Å².